The Labute approximate surface area is 73.7 Å². The van der Waals surface area contributed by atoms with Gasteiger partial charge in [0.2, 0.25) is 0 Å². The van der Waals surface area contributed by atoms with Crippen LogP contribution in [0.3, 0.4) is 0 Å². The SMILES string of the molecule is NC/C(Cl)=C/c1cnc(N)s1. The van der Waals surface area contributed by atoms with Crippen molar-refractivity contribution in [2.75, 3.05) is 12.3 Å². The number of nitrogens with zero attached hydrogens (tertiary/aromatic N) is 1. The van der Waals surface area contributed by atoms with Crippen LogP contribution in [0.15, 0.2) is 11.2 Å². The van der Waals surface area contributed by atoms with Crippen LogP contribution in [0.25, 0.3) is 6.08 Å². The molecular formula is C6H8ClN3S. The van der Waals surface area contributed by atoms with Crippen molar-refractivity contribution in [2.24, 2.45) is 5.73 Å². The molecule has 0 saturated heterocycles. The van der Waals surface area contributed by atoms with Gasteiger partial charge in [0.05, 0.1) is 4.88 Å². The van der Waals surface area contributed by atoms with Crippen LogP contribution < -0.4 is 11.5 Å². The Morgan fingerprint density at radius 2 is 2.55 bits per heavy atom. The van der Waals surface area contributed by atoms with E-state index in [-0.39, 0.29) is 0 Å². The molecule has 3 nitrogen and oxygen atoms in total. The fourth-order valence-corrected chi connectivity index (χ4v) is 1.42. The van der Waals surface area contributed by atoms with E-state index in [1.165, 1.54) is 11.3 Å². The molecule has 0 aliphatic carbocycles. The van der Waals surface area contributed by atoms with Crippen LogP contribution in [0.5, 0.6) is 0 Å². The molecule has 60 valence electrons. The predicted octanol–water partition coefficient (Wildman–Crippen LogP) is 1.26. The third kappa shape index (κ3) is 2.49. The highest BCUT2D eigenvalue weighted by molar-refractivity contribution is 7.16. The zero-order valence-electron chi connectivity index (χ0n) is 5.75. The van der Waals surface area contributed by atoms with E-state index in [4.69, 9.17) is 23.1 Å². The predicted molar refractivity (Wildman–Crippen MR) is 49.4 cm³/mol. The monoisotopic (exact) mass is 189 g/mol. The lowest BCUT2D eigenvalue weighted by atomic mass is 10.4. The normalized spacial score (nSPS) is 12.0. The lowest BCUT2D eigenvalue weighted by Crippen LogP contribution is -1.96. The Kier molecular flexibility index (Phi) is 2.87. The van der Waals surface area contributed by atoms with Gasteiger partial charge in [-0.1, -0.05) is 22.9 Å². The van der Waals surface area contributed by atoms with E-state index in [9.17, 15) is 0 Å². The van der Waals surface area contributed by atoms with E-state index in [0.717, 1.165) is 4.88 Å². The molecule has 1 heterocycles. The number of hydrogen-bond acceptors (Lipinski definition) is 4. The summed E-state index contributed by atoms with van der Waals surface area (Å²) in [5.74, 6) is 0. The number of nitrogen functional groups attached to an aromatic ring is 1. The van der Waals surface area contributed by atoms with Gasteiger partial charge in [0.25, 0.3) is 0 Å². The van der Waals surface area contributed by atoms with E-state index in [2.05, 4.69) is 4.98 Å². The molecule has 0 unspecified atom stereocenters. The summed E-state index contributed by atoms with van der Waals surface area (Å²) in [5, 5.41) is 1.14. The van der Waals surface area contributed by atoms with Gasteiger partial charge in [-0.3, -0.25) is 0 Å². The summed E-state index contributed by atoms with van der Waals surface area (Å²) in [7, 11) is 0. The average molecular weight is 190 g/mol. The summed E-state index contributed by atoms with van der Waals surface area (Å²) < 4.78 is 0. The van der Waals surface area contributed by atoms with Gasteiger partial charge in [0, 0.05) is 17.8 Å². The smallest absolute Gasteiger partial charge is 0.180 e. The quantitative estimate of drug-likeness (QED) is 0.737. The summed E-state index contributed by atoms with van der Waals surface area (Å²) in [6.45, 7) is 0.347. The number of aromatic nitrogens is 1. The van der Waals surface area contributed by atoms with Crippen LogP contribution in [0.2, 0.25) is 0 Å². The van der Waals surface area contributed by atoms with Gasteiger partial charge in [-0.2, -0.15) is 0 Å². The number of rotatable bonds is 2. The number of halogens is 1. The first kappa shape index (κ1) is 8.52. The van der Waals surface area contributed by atoms with E-state index < -0.39 is 0 Å². The van der Waals surface area contributed by atoms with E-state index in [1.807, 2.05) is 0 Å². The van der Waals surface area contributed by atoms with Gasteiger partial charge >= 0.3 is 0 Å². The molecule has 0 atom stereocenters. The standard InChI is InChI=1S/C6H8ClN3S/c7-4(2-8)1-5-3-10-6(9)11-5/h1,3H,2,8H2,(H2,9,10)/b4-1-. The van der Waals surface area contributed by atoms with E-state index in [1.54, 1.807) is 12.3 Å². The van der Waals surface area contributed by atoms with Gasteiger partial charge in [-0.05, 0) is 6.08 Å². The lowest BCUT2D eigenvalue weighted by molar-refractivity contribution is 1.24. The van der Waals surface area contributed by atoms with Gasteiger partial charge in [0.15, 0.2) is 5.13 Å². The maximum absolute atomic E-state index is 5.68. The Morgan fingerprint density at radius 1 is 1.82 bits per heavy atom. The first-order chi connectivity index (χ1) is 5.22. The van der Waals surface area contributed by atoms with Crippen LogP contribution in [-0.2, 0) is 0 Å². The van der Waals surface area contributed by atoms with Crippen molar-refractivity contribution in [1.82, 2.24) is 4.98 Å². The summed E-state index contributed by atoms with van der Waals surface area (Å²) in [4.78, 5) is 4.78. The van der Waals surface area contributed by atoms with Crippen molar-refractivity contribution in [3.8, 4) is 0 Å². The second-order valence-corrected chi connectivity index (χ2v) is 3.48. The highest BCUT2D eigenvalue weighted by Gasteiger charge is 1.95. The molecule has 0 saturated carbocycles. The number of nitrogens with two attached hydrogens (primary N) is 2. The van der Waals surface area contributed by atoms with Gasteiger partial charge in [-0.15, -0.1) is 0 Å². The minimum atomic E-state index is 0.347. The van der Waals surface area contributed by atoms with Crippen LogP contribution >= 0.6 is 22.9 Å². The number of thiazole rings is 1. The second-order valence-electron chi connectivity index (χ2n) is 1.90. The Balaban J connectivity index is 2.78. The zero-order valence-corrected chi connectivity index (χ0v) is 7.32. The third-order valence-electron chi connectivity index (χ3n) is 1.04. The largest absolute Gasteiger partial charge is 0.375 e. The molecule has 0 bridgehead atoms. The molecule has 1 aromatic heterocycles. The fourth-order valence-electron chi connectivity index (χ4n) is 0.581. The topological polar surface area (TPSA) is 64.9 Å². The van der Waals surface area contributed by atoms with Crippen molar-refractivity contribution >= 4 is 34.1 Å². The molecule has 4 N–H and O–H groups in total. The second kappa shape index (κ2) is 3.71. The van der Waals surface area contributed by atoms with Crippen molar-refractivity contribution in [3.05, 3.63) is 16.1 Å². The van der Waals surface area contributed by atoms with Gasteiger partial charge < -0.3 is 11.5 Å². The van der Waals surface area contributed by atoms with Crippen molar-refractivity contribution < 1.29 is 0 Å². The van der Waals surface area contributed by atoms with Gasteiger partial charge in [-0.25, -0.2) is 4.98 Å². The van der Waals surface area contributed by atoms with Crippen LogP contribution in [0.1, 0.15) is 4.88 Å². The lowest BCUT2D eigenvalue weighted by Gasteiger charge is -1.87. The van der Waals surface area contributed by atoms with E-state index >= 15 is 0 Å². The first-order valence-corrected chi connectivity index (χ1v) is 4.19. The minimum absolute atomic E-state index is 0.347. The first-order valence-electron chi connectivity index (χ1n) is 3.00. The third-order valence-corrected chi connectivity index (χ3v) is 2.07. The Hall–Kier alpha value is -0.580. The van der Waals surface area contributed by atoms with Crippen LogP contribution in [0, 0.1) is 0 Å². The van der Waals surface area contributed by atoms with E-state index in [0.29, 0.717) is 16.7 Å². The van der Waals surface area contributed by atoms with Crippen molar-refractivity contribution in [2.45, 2.75) is 0 Å². The molecule has 5 heteroatoms. The fraction of sp³-hybridized carbons (Fsp3) is 0.167. The molecule has 0 aliphatic rings. The minimum Gasteiger partial charge on any atom is -0.375 e. The van der Waals surface area contributed by atoms with Gasteiger partial charge in [0.1, 0.15) is 0 Å². The molecule has 1 aromatic rings. The number of hydrogen-bond donors (Lipinski definition) is 2. The molecular weight excluding hydrogens is 182 g/mol. The maximum atomic E-state index is 5.68. The van der Waals surface area contributed by atoms with Crippen molar-refractivity contribution in [3.63, 3.8) is 0 Å². The summed E-state index contributed by atoms with van der Waals surface area (Å²) in [6.07, 6.45) is 3.42. The molecule has 0 spiro atoms. The maximum Gasteiger partial charge on any atom is 0.180 e. The molecule has 0 amide bonds. The highest BCUT2D eigenvalue weighted by atomic mass is 35.5. The summed E-state index contributed by atoms with van der Waals surface area (Å²) in [6, 6.07) is 0. The summed E-state index contributed by atoms with van der Waals surface area (Å²) >= 11 is 7.06. The molecule has 0 radical (unpaired) electrons. The molecule has 1 rings (SSSR count). The van der Waals surface area contributed by atoms with Crippen LogP contribution in [0.4, 0.5) is 5.13 Å². The summed E-state index contributed by atoms with van der Waals surface area (Å²) in [5.41, 5.74) is 10.7. The average Bonchev–Trinajstić information content (AvgIpc) is 2.35. The molecule has 11 heavy (non-hydrogen) atoms. The Bertz CT molecular complexity index is 269. The van der Waals surface area contributed by atoms with Crippen molar-refractivity contribution in [1.29, 1.82) is 0 Å². The molecule has 0 aromatic carbocycles. The molecule has 0 fully saturated rings. The number of anilines is 1. The van der Waals surface area contributed by atoms with Crippen LogP contribution in [-0.4, -0.2) is 11.5 Å². The highest BCUT2D eigenvalue weighted by Crippen LogP contribution is 2.18. The Morgan fingerprint density at radius 3 is 3.00 bits per heavy atom. The zero-order chi connectivity index (χ0) is 8.27. The molecule has 0 aliphatic heterocycles.